The number of aliphatic hydroxyl groups is 1. The number of aryl methyl sites for hydroxylation is 2. The maximum Gasteiger partial charge on any atom is 0.438 e. The average molecular weight is 578 g/mol. The van der Waals surface area contributed by atoms with Crippen LogP contribution in [-0.2, 0) is 11.2 Å². The third kappa shape index (κ3) is 6.91. The summed E-state index contributed by atoms with van der Waals surface area (Å²) in [4.78, 5) is 15.3. The first-order valence-electron chi connectivity index (χ1n) is 12.8. The molecular formula is C31H29F6NO3. The van der Waals surface area contributed by atoms with Gasteiger partial charge in [0.1, 0.15) is 0 Å². The van der Waals surface area contributed by atoms with E-state index >= 15 is 0 Å². The van der Waals surface area contributed by atoms with Crippen LogP contribution in [0.15, 0.2) is 54.7 Å². The van der Waals surface area contributed by atoms with Crippen molar-refractivity contribution in [2.75, 3.05) is 0 Å². The molecule has 0 aliphatic heterocycles. The zero-order valence-electron chi connectivity index (χ0n) is 22.8. The van der Waals surface area contributed by atoms with Gasteiger partial charge in [0.15, 0.2) is 0 Å². The van der Waals surface area contributed by atoms with Gasteiger partial charge in [-0.3, -0.25) is 9.78 Å². The number of rotatable bonds is 7. The molecule has 0 radical (unpaired) electrons. The maximum atomic E-state index is 13.0. The Morgan fingerprint density at radius 2 is 1.54 bits per heavy atom. The first-order chi connectivity index (χ1) is 19.0. The molecule has 0 saturated heterocycles. The molecule has 1 heterocycles. The highest BCUT2D eigenvalue weighted by atomic mass is 19.4. The quantitative estimate of drug-likeness (QED) is 0.225. The Morgan fingerprint density at radius 1 is 0.927 bits per heavy atom. The van der Waals surface area contributed by atoms with Gasteiger partial charge in [-0.1, -0.05) is 56.2 Å². The SMILES string of the molecule is CCC(c1ccc(C#CC(O)(C(F)(F)F)C(F)(F)F)c(C)c1)C(C)c1ccc(-c2ccc(CC(=O)O)cn2)c(C)c1. The first kappa shape index (κ1) is 31.7. The number of alkyl halides is 6. The molecule has 0 saturated carbocycles. The number of carboxylic acid groups (broad SMARTS) is 1. The maximum absolute atomic E-state index is 13.0. The Labute approximate surface area is 234 Å². The van der Waals surface area contributed by atoms with Crippen molar-refractivity contribution in [1.29, 1.82) is 0 Å². The highest BCUT2D eigenvalue weighted by molar-refractivity contribution is 5.70. The van der Waals surface area contributed by atoms with Crippen LogP contribution >= 0.6 is 0 Å². The van der Waals surface area contributed by atoms with E-state index in [1.165, 1.54) is 12.3 Å². The van der Waals surface area contributed by atoms with Crippen molar-refractivity contribution < 1.29 is 41.4 Å². The lowest BCUT2D eigenvalue weighted by Crippen LogP contribution is -2.55. The number of aromatic nitrogens is 1. The van der Waals surface area contributed by atoms with Crippen LogP contribution in [0.2, 0.25) is 0 Å². The van der Waals surface area contributed by atoms with Gasteiger partial charge in [-0.05, 0) is 78.0 Å². The van der Waals surface area contributed by atoms with Gasteiger partial charge in [-0.2, -0.15) is 26.3 Å². The molecule has 218 valence electrons. The molecule has 0 spiro atoms. The number of hydrogen-bond donors (Lipinski definition) is 2. The van der Waals surface area contributed by atoms with Gasteiger partial charge in [-0.25, -0.2) is 0 Å². The molecule has 4 nitrogen and oxygen atoms in total. The molecule has 0 aliphatic carbocycles. The summed E-state index contributed by atoms with van der Waals surface area (Å²) in [5.41, 5.74) is 0.243. The summed E-state index contributed by atoms with van der Waals surface area (Å²) in [6, 6.07) is 14.2. The summed E-state index contributed by atoms with van der Waals surface area (Å²) in [5, 5.41) is 18.3. The minimum Gasteiger partial charge on any atom is -0.481 e. The third-order valence-corrected chi connectivity index (χ3v) is 7.15. The summed E-state index contributed by atoms with van der Waals surface area (Å²) in [6.45, 7) is 7.51. The second kappa shape index (κ2) is 12.0. The van der Waals surface area contributed by atoms with E-state index in [1.807, 2.05) is 44.9 Å². The van der Waals surface area contributed by atoms with Crippen LogP contribution in [0, 0.1) is 25.7 Å². The van der Waals surface area contributed by atoms with E-state index in [0.29, 0.717) is 23.2 Å². The van der Waals surface area contributed by atoms with Gasteiger partial charge in [0.25, 0.3) is 0 Å². The van der Waals surface area contributed by atoms with E-state index in [9.17, 15) is 36.2 Å². The molecule has 2 aromatic carbocycles. The minimum absolute atomic E-state index is 0.00976. The highest BCUT2D eigenvalue weighted by Gasteiger charge is 2.70. The summed E-state index contributed by atoms with van der Waals surface area (Å²) in [6.07, 6.45) is -9.89. The largest absolute Gasteiger partial charge is 0.481 e. The Kier molecular flexibility index (Phi) is 9.24. The second-order valence-corrected chi connectivity index (χ2v) is 10.0. The van der Waals surface area contributed by atoms with Crippen molar-refractivity contribution in [3.05, 3.63) is 88.1 Å². The van der Waals surface area contributed by atoms with Crippen molar-refractivity contribution >= 4 is 5.97 Å². The van der Waals surface area contributed by atoms with E-state index in [2.05, 4.69) is 4.98 Å². The number of aliphatic carboxylic acids is 1. The van der Waals surface area contributed by atoms with Gasteiger partial charge in [0.05, 0.1) is 12.1 Å². The smallest absolute Gasteiger partial charge is 0.438 e. The molecular weight excluding hydrogens is 548 g/mol. The van der Waals surface area contributed by atoms with E-state index in [-0.39, 0.29) is 23.8 Å². The lowest BCUT2D eigenvalue weighted by molar-refractivity contribution is -0.343. The number of carboxylic acids is 1. The molecule has 41 heavy (non-hydrogen) atoms. The fourth-order valence-electron chi connectivity index (χ4n) is 4.75. The number of benzene rings is 2. The molecule has 2 N–H and O–H groups in total. The lowest BCUT2D eigenvalue weighted by Gasteiger charge is -2.27. The summed E-state index contributed by atoms with van der Waals surface area (Å²) in [7, 11) is 0. The molecule has 0 bridgehead atoms. The molecule has 2 unspecified atom stereocenters. The Balaban J connectivity index is 1.87. The lowest BCUT2D eigenvalue weighted by atomic mass is 9.79. The molecule has 3 aromatic rings. The highest BCUT2D eigenvalue weighted by Crippen LogP contribution is 2.43. The van der Waals surface area contributed by atoms with Crippen molar-refractivity contribution in [2.45, 2.75) is 70.3 Å². The van der Waals surface area contributed by atoms with Crippen LogP contribution in [0.25, 0.3) is 11.3 Å². The Morgan fingerprint density at radius 3 is 2.02 bits per heavy atom. The van der Waals surface area contributed by atoms with Crippen molar-refractivity contribution in [3.8, 4) is 23.1 Å². The average Bonchev–Trinajstić information content (AvgIpc) is 2.87. The van der Waals surface area contributed by atoms with Crippen LogP contribution in [0.5, 0.6) is 0 Å². The molecule has 1 aromatic heterocycles. The van der Waals surface area contributed by atoms with Crippen LogP contribution in [0.1, 0.15) is 65.5 Å². The van der Waals surface area contributed by atoms with E-state index in [0.717, 1.165) is 28.2 Å². The molecule has 10 heteroatoms. The number of hydrogen-bond acceptors (Lipinski definition) is 3. The predicted octanol–water partition coefficient (Wildman–Crippen LogP) is 7.50. The van der Waals surface area contributed by atoms with E-state index in [1.54, 1.807) is 31.2 Å². The zero-order chi connectivity index (χ0) is 30.8. The monoisotopic (exact) mass is 577 g/mol. The van der Waals surface area contributed by atoms with E-state index < -0.39 is 23.9 Å². The molecule has 3 rings (SSSR count). The van der Waals surface area contributed by atoms with Gasteiger partial charge in [0, 0.05) is 17.3 Å². The topological polar surface area (TPSA) is 70.4 Å². The van der Waals surface area contributed by atoms with Gasteiger partial charge < -0.3 is 10.2 Å². The standard InChI is InChI=1S/C31H29F6NO3/c1-5-25(24-8-7-22(18(2)14-24)12-13-29(41,30(32,33)34)31(35,36)37)20(4)23-9-10-26(19(3)15-23)27-11-6-21(17-38-27)16-28(39)40/h6-11,14-15,17,20,25,41H,5,16H2,1-4H3,(H,39,40). The van der Waals surface area contributed by atoms with Crippen LogP contribution in [0.3, 0.4) is 0 Å². The van der Waals surface area contributed by atoms with Gasteiger partial charge in [-0.15, -0.1) is 0 Å². The third-order valence-electron chi connectivity index (χ3n) is 7.15. The summed E-state index contributed by atoms with van der Waals surface area (Å²) >= 11 is 0. The van der Waals surface area contributed by atoms with Crippen LogP contribution < -0.4 is 0 Å². The summed E-state index contributed by atoms with van der Waals surface area (Å²) in [5.74, 6) is 1.94. The van der Waals surface area contributed by atoms with E-state index in [4.69, 9.17) is 5.11 Å². The summed E-state index contributed by atoms with van der Waals surface area (Å²) < 4.78 is 77.9. The Hall–Kier alpha value is -3.84. The predicted molar refractivity (Wildman–Crippen MR) is 142 cm³/mol. The minimum atomic E-state index is -6.01. The molecule has 0 aliphatic rings. The van der Waals surface area contributed by atoms with Gasteiger partial charge >= 0.3 is 23.9 Å². The number of nitrogens with zero attached hydrogens (tertiary/aromatic N) is 1. The molecule has 0 amide bonds. The number of pyridine rings is 1. The van der Waals surface area contributed by atoms with Crippen LogP contribution in [0.4, 0.5) is 26.3 Å². The van der Waals surface area contributed by atoms with Crippen molar-refractivity contribution in [3.63, 3.8) is 0 Å². The zero-order valence-corrected chi connectivity index (χ0v) is 22.8. The van der Waals surface area contributed by atoms with Gasteiger partial charge in [0.2, 0.25) is 0 Å². The number of carbonyl (C=O) groups is 1. The van der Waals surface area contributed by atoms with Crippen LogP contribution in [-0.4, -0.2) is 39.1 Å². The second-order valence-electron chi connectivity index (χ2n) is 10.0. The normalized spacial score (nSPS) is 13.7. The molecule has 2 atom stereocenters. The van der Waals surface area contributed by atoms with Crippen molar-refractivity contribution in [2.24, 2.45) is 0 Å². The fraction of sp³-hybridized carbons (Fsp3) is 0.355. The van der Waals surface area contributed by atoms with Crippen molar-refractivity contribution in [1.82, 2.24) is 4.98 Å². The Bertz CT molecular complexity index is 1450. The fourth-order valence-corrected chi connectivity index (χ4v) is 4.75. The molecule has 0 fully saturated rings. The first-order valence-corrected chi connectivity index (χ1v) is 12.8. The number of halogens is 6.